The first kappa shape index (κ1) is 17.7. The Morgan fingerprint density at radius 1 is 0.923 bits per heavy atom. The van der Waals surface area contributed by atoms with Gasteiger partial charge in [-0.3, -0.25) is 9.78 Å². The molecule has 0 saturated heterocycles. The first-order valence-corrected chi connectivity index (χ1v) is 8.89. The molecule has 1 heterocycles. The summed E-state index contributed by atoms with van der Waals surface area (Å²) >= 11 is 0. The molecule has 3 rings (SSSR count). The molecule has 4 heteroatoms. The lowest BCUT2D eigenvalue weighted by Gasteiger charge is -2.09. The molecule has 0 aliphatic rings. The van der Waals surface area contributed by atoms with Gasteiger partial charge < -0.3 is 10.6 Å². The van der Waals surface area contributed by atoms with Crippen LogP contribution in [0.15, 0.2) is 72.9 Å². The van der Waals surface area contributed by atoms with Gasteiger partial charge in [-0.25, -0.2) is 0 Å². The van der Waals surface area contributed by atoms with E-state index in [4.69, 9.17) is 0 Å². The summed E-state index contributed by atoms with van der Waals surface area (Å²) in [6.07, 6.45) is 3.46. The molecule has 0 spiro atoms. The molecular formula is C22H23N3O. The largest absolute Gasteiger partial charge is 0.355 e. The topological polar surface area (TPSA) is 54.0 Å². The van der Waals surface area contributed by atoms with Crippen LogP contribution in [0.25, 0.3) is 0 Å². The Kier molecular flexibility index (Phi) is 5.99. The number of nitrogens with zero attached hydrogens (tertiary/aromatic N) is 1. The summed E-state index contributed by atoms with van der Waals surface area (Å²) in [5.74, 6) is -0.161. The molecule has 0 saturated carbocycles. The molecule has 1 aromatic heterocycles. The smallest absolute Gasteiger partial charge is 0.269 e. The predicted octanol–water partition coefficient (Wildman–Crippen LogP) is 4.36. The number of nitrogens with one attached hydrogen (secondary N) is 2. The Labute approximate surface area is 154 Å². The third kappa shape index (κ3) is 4.93. The first-order chi connectivity index (χ1) is 12.7. The number of pyridine rings is 1. The molecule has 0 aliphatic heterocycles. The summed E-state index contributed by atoms with van der Waals surface area (Å²) in [5, 5.41) is 6.24. The highest BCUT2D eigenvalue weighted by atomic mass is 16.1. The minimum Gasteiger partial charge on any atom is -0.355 e. The SMILES string of the molecule is CCc1ccc(Nc2ccnc(C(=O)NCCc3ccccc3)c2)cc1. The van der Waals surface area contributed by atoms with Crippen LogP contribution in [-0.4, -0.2) is 17.4 Å². The second kappa shape index (κ2) is 8.81. The Bertz CT molecular complexity index is 845. The fourth-order valence-electron chi connectivity index (χ4n) is 2.68. The second-order valence-electron chi connectivity index (χ2n) is 6.10. The zero-order valence-corrected chi connectivity index (χ0v) is 14.9. The minimum atomic E-state index is -0.161. The number of carbonyl (C=O) groups excluding carboxylic acids is 1. The molecule has 0 aliphatic carbocycles. The fraction of sp³-hybridized carbons (Fsp3) is 0.182. The summed E-state index contributed by atoms with van der Waals surface area (Å²) in [7, 11) is 0. The normalized spacial score (nSPS) is 10.3. The number of rotatable bonds is 7. The van der Waals surface area contributed by atoms with Crippen molar-refractivity contribution in [1.29, 1.82) is 0 Å². The summed E-state index contributed by atoms with van der Waals surface area (Å²) in [6, 6.07) is 22.0. The summed E-state index contributed by atoms with van der Waals surface area (Å²) in [6.45, 7) is 2.72. The van der Waals surface area contributed by atoms with E-state index in [9.17, 15) is 4.79 Å². The maximum Gasteiger partial charge on any atom is 0.269 e. The van der Waals surface area contributed by atoms with Gasteiger partial charge in [-0.05, 0) is 48.2 Å². The van der Waals surface area contributed by atoms with Crippen LogP contribution in [0.2, 0.25) is 0 Å². The van der Waals surface area contributed by atoms with Gasteiger partial charge in [0.25, 0.3) is 5.91 Å². The van der Waals surface area contributed by atoms with Crippen LogP contribution < -0.4 is 10.6 Å². The molecule has 4 nitrogen and oxygen atoms in total. The van der Waals surface area contributed by atoms with Crippen LogP contribution in [0.5, 0.6) is 0 Å². The standard InChI is InChI=1S/C22H23N3O/c1-2-17-8-10-19(11-9-17)25-20-13-15-23-21(16-20)22(26)24-14-12-18-6-4-3-5-7-18/h3-11,13,15-16H,2,12,14H2,1H3,(H,23,25)(H,24,26). The van der Waals surface area contributed by atoms with E-state index >= 15 is 0 Å². The molecule has 0 unspecified atom stereocenters. The molecule has 2 aromatic carbocycles. The number of amides is 1. The van der Waals surface area contributed by atoms with E-state index in [1.54, 1.807) is 12.3 Å². The van der Waals surface area contributed by atoms with Crippen molar-refractivity contribution < 1.29 is 4.79 Å². The molecule has 0 radical (unpaired) electrons. The van der Waals surface area contributed by atoms with E-state index < -0.39 is 0 Å². The van der Waals surface area contributed by atoms with Crippen LogP contribution in [-0.2, 0) is 12.8 Å². The molecule has 0 atom stereocenters. The van der Waals surface area contributed by atoms with E-state index in [-0.39, 0.29) is 5.91 Å². The van der Waals surface area contributed by atoms with Gasteiger partial charge in [0.1, 0.15) is 5.69 Å². The van der Waals surface area contributed by atoms with Crippen LogP contribution in [0.1, 0.15) is 28.5 Å². The van der Waals surface area contributed by atoms with E-state index in [1.165, 1.54) is 11.1 Å². The van der Waals surface area contributed by atoms with Crippen molar-refractivity contribution >= 4 is 17.3 Å². The molecular weight excluding hydrogens is 322 g/mol. The van der Waals surface area contributed by atoms with E-state index in [0.717, 1.165) is 24.2 Å². The lowest BCUT2D eigenvalue weighted by atomic mass is 10.1. The zero-order chi connectivity index (χ0) is 18.2. The molecule has 0 fully saturated rings. The van der Waals surface area contributed by atoms with Crippen molar-refractivity contribution in [3.8, 4) is 0 Å². The second-order valence-corrected chi connectivity index (χ2v) is 6.10. The number of aryl methyl sites for hydroxylation is 1. The lowest BCUT2D eigenvalue weighted by molar-refractivity contribution is 0.0949. The molecule has 0 bridgehead atoms. The quantitative estimate of drug-likeness (QED) is 0.669. The Hall–Kier alpha value is -3.14. The molecule has 1 amide bonds. The van der Waals surface area contributed by atoms with Crippen LogP contribution in [0, 0.1) is 0 Å². The average molecular weight is 345 g/mol. The van der Waals surface area contributed by atoms with Gasteiger partial charge in [0.05, 0.1) is 0 Å². The van der Waals surface area contributed by atoms with Gasteiger partial charge in [0.2, 0.25) is 0 Å². The van der Waals surface area contributed by atoms with Crippen molar-refractivity contribution in [1.82, 2.24) is 10.3 Å². The van der Waals surface area contributed by atoms with Gasteiger partial charge in [0, 0.05) is 24.1 Å². The van der Waals surface area contributed by atoms with E-state index in [1.807, 2.05) is 36.4 Å². The molecule has 3 aromatic rings. The van der Waals surface area contributed by atoms with E-state index in [0.29, 0.717) is 12.2 Å². The van der Waals surface area contributed by atoms with Crippen LogP contribution in [0.4, 0.5) is 11.4 Å². The number of hydrogen-bond donors (Lipinski definition) is 2. The van der Waals surface area contributed by atoms with Gasteiger partial charge >= 0.3 is 0 Å². The Balaban J connectivity index is 1.58. The van der Waals surface area contributed by atoms with Crippen molar-refractivity contribution in [3.63, 3.8) is 0 Å². The first-order valence-electron chi connectivity index (χ1n) is 8.89. The molecule has 26 heavy (non-hydrogen) atoms. The van der Waals surface area contributed by atoms with Crippen molar-refractivity contribution in [3.05, 3.63) is 89.7 Å². The number of aromatic nitrogens is 1. The van der Waals surface area contributed by atoms with Crippen molar-refractivity contribution in [2.75, 3.05) is 11.9 Å². The number of benzene rings is 2. The average Bonchev–Trinajstić information content (AvgIpc) is 2.69. The van der Waals surface area contributed by atoms with Crippen LogP contribution >= 0.6 is 0 Å². The lowest BCUT2D eigenvalue weighted by Crippen LogP contribution is -2.26. The third-order valence-electron chi connectivity index (χ3n) is 4.19. The summed E-state index contributed by atoms with van der Waals surface area (Å²) < 4.78 is 0. The highest BCUT2D eigenvalue weighted by Crippen LogP contribution is 2.17. The highest BCUT2D eigenvalue weighted by molar-refractivity contribution is 5.93. The zero-order valence-electron chi connectivity index (χ0n) is 14.9. The Morgan fingerprint density at radius 3 is 2.42 bits per heavy atom. The monoisotopic (exact) mass is 345 g/mol. The number of anilines is 2. The highest BCUT2D eigenvalue weighted by Gasteiger charge is 2.07. The van der Waals surface area contributed by atoms with Crippen molar-refractivity contribution in [2.24, 2.45) is 0 Å². The van der Waals surface area contributed by atoms with Gasteiger partial charge in [-0.2, -0.15) is 0 Å². The van der Waals surface area contributed by atoms with Gasteiger partial charge in [-0.15, -0.1) is 0 Å². The summed E-state index contributed by atoms with van der Waals surface area (Å²) in [5.41, 5.74) is 4.74. The maximum atomic E-state index is 12.3. The minimum absolute atomic E-state index is 0.161. The molecule has 2 N–H and O–H groups in total. The molecule has 132 valence electrons. The number of hydrogen-bond acceptors (Lipinski definition) is 3. The summed E-state index contributed by atoms with van der Waals surface area (Å²) in [4.78, 5) is 16.5. The van der Waals surface area contributed by atoms with Crippen LogP contribution in [0.3, 0.4) is 0 Å². The van der Waals surface area contributed by atoms with E-state index in [2.05, 4.69) is 46.8 Å². The third-order valence-corrected chi connectivity index (χ3v) is 4.19. The van der Waals surface area contributed by atoms with Gasteiger partial charge in [0.15, 0.2) is 0 Å². The number of carbonyl (C=O) groups is 1. The van der Waals surface area contributed by atoms with Gasteiger partial charge in [-0.1, -0.05) is 49.4 Å². The Morgan fingerprint density at radius 2 is 1.69 bits per heavy atom. The fourth-order valence-corrected chi connectivity index (χ4v) is 2.68. The predicted molar refractivity (Wildman–Crippen MR) is 106 cm³/mol. The van der Waals surface area contributed by atoms with Crippen molar-refractivity contribution in [2.45, 2.75) is 19.8 Å². The maximum absolute atomic E-state index is 12.3.